The van der Waals surface area contributed by atoms with Crippen LogP contribution in [-0.2, 0) is 4.79 Å². The molecule has 20 heavy (non-hydrogen) atoms. The Morgan fingerprint density at radius 3 is 2.60 bits per heavy atom. The van der Waals surface area contributed by atoms with Crippen LogP contribution in [0.4, 0.5) is 11.8 Å². The van der Waals surface area contributed by atoms with E-state index in [2.05, 4.69) is 43.5 Å². The fourth-order valence-corrected chi connectivity index (χ4v) is 1.99. The first-order valence-electron chi connectivity index (χ1n) is 6.90. The van der Waals surface area contributed by atoms with Crippen molar-refractivity contribution in [2.45, 2.75) is 27.2 Å². The fourth-order valence-electron chi connectivity index (χ4n) is 1.66. The van der Waals surface area contributed by atoms with Crippen LogP contribution in [0, 0.1) is 0 Å². The molecule has 0 spiro atoms. The number of carbonyl (C=O) groups excluding carboxylic acids is 1. The van der Waals surface area contributed by atoms with Crippen LogP contribution in [0.3, 0.4) is 0 Å². The molecule has 6 nitrogen and oxygen atoms in total. The zero-order chi connectivity index (χ0) is 15.0. The van der Waals surface area contributed by atoms with Gasteiger partial charge >= 0.3 is 0 Å². The Labute approximate surface area is 128 Å². The van der Waals surface area contributed by atoms with Gasteiger partial charge in [-0.1, -0.05) is 6.92 Å². The molecule has 0 aromatic carbocycles. The van der Waals surface area contributed by atoms with Crippen LogP contribution < -0.4 is 10.6 Å². The number of aromatic nitrogens is 2. The Morgan fingerprint density at radius 1 is 1.30 bits per heavy atom. The van der Waals surface area contributed by atoms with Gasteiger partial charge in [-0.15, -0.1) is 0 Å². The topological polar surface area (TPSA) is 70.2 Å². The van der Waals surface area contributed by atoms with Crippen molar-refractivity contribution < 1.29 is 4.79 Å². The molecule has 0 unspecified atom stereocenters. The molecule has 0 radical (unpaired) electrons. The van der Waals surface area contributed by atoms with Gasteiger partial charge in [-0.05, 0) is 36.2 Å². The summed E-state index contributed by atoms with van der Waals surface area (Å²) in [5.74, 6) is 1.25. The first-order valence-corrected chi connectivity index (χ1v) is 7.69. The molecule has 2 N–H and O–H groups in total. The molecule has 0 saturated heterocycles. The van der Waals surface area contributed by atoms with Crippen molar-refractivity contribution in [2.24, 2.45) is 0 Å². The number of carbonyl (C=O) groups is 1. The van der Waals surface area contributed by atoms with Gasteiger partial charge in [-0.2, -0.15) is 4.98 Å². The molecule has 0 aliphatic heterocycles. The van der Waals surface area contributed by atoms with Crippen LogP contribution in [0.15, 0.2) is 10.7 Å². The first kappa shape index (κ1) is 16.7. The van der Waals surface area contributed by atoms with Gasteiger partial charge in [-0.3, -0.25) is 4.79 Å². The largest absolute Gasteiger partial charge is 0.360 e. The van der Waals surface area contributed by atoms with E-state index in [0.717, 1.165) is 17.4 Å². The molecule has 7 heteroatoms. The quantitative estimate of drug-likeness (QED) is 0.758. The average Bonchev–Trinajstić information content (AvgIpc) is 2.46. The normalized spacial score (nSPS) is 10.2. The molecule has 0 aliphatic rings. The highest BCUT2D eigenvalue weighted by Gasteiger charge is 2.11. The number of rotatable bonds is 8. The van der Waals surface area contributed by atoms with Crippen molar-refractivity contribution >= 4 is 33.6 Å². The fraction of sp³-hybridized carbons (Fsp3) is 0.615. The maximum Gasteiger partial charge on any atom is 0.241 e. The van der Waals surface area contributed by atoms with Crippen molar-refractivity contribution in [1.82, 2.24) is 14.9 Å². The van der Waals surface area contributed by atoms with Crippen molar-refractivity contribution in [1.29, 1.82) is 0 Å². The molecule has 1 aromatic rings. The SMILES string of the molecule is CCCNc1ncc(Br)c(NCC(=O)N(CC)CC)n1. The minimum absolute atomic E-state index is 0.0589. The van der Waals surface area contributed by atoms with Gasteiger partial charge in [0.15, 0.2) is 0 Å². The van der Waals surface area contributed by atoms with Gasteiger partial charge in [0, 0.05) is 25.8 Å². The first-order chi connectivity index (χ1) is 9.62. The molecular weight excluding hydrogens is 322 g/mol. The lowest BCUT2D eigenvalue weighted by atomic mass is 10.4. The van der Waals surface area contributed by atoms with E-state index in [4.69, 9.17) is 0 Å². The molecule has 1 amide bonds. The van der Waals surface area contributed by atoms with Crippen molar-refractivity contribution in [3.05, 3.63) is 10.7 Å². The van der Waals surface area contributed by atoms with E-state index in [1.54, 1.807) is 11.1 Å². The number of anilines is 2. The zero-order valence-electron chi connectivity index (χ0n) is 12.2. The molecule has 0 bridgehead atoms. The summed E-state index contributed by atoms with van der Waals surface area (Å²) >= 11 is 3.38. The standard InChI is InChI=1S/C13H22BrN5O/c1-4-7-15-13-17-8-10(14)12(18-13)16-9-11(20)19(5-2)6-3/h8H,4-7,9H2,1-3H3,(H2,15,16,17,18). The lowest BCUT2D eigenvalue weighted by Crippen LogP contribution is -2.35. The highest BCUT2D eigenvalue weighted by Crippen LogP contribution is 2.19. The van der Waals surface area contributed by atoms with Crippen LogP contribution in [0.5, 0.6) is 0 Å². The molecule has 1 rings (SSSR count). The van der Waals surface area contributed by atoms with Crippen LogP contribution in [0.2, 0.25) is 0 Å². The van der Waals surface area contributed by atoms with E-state index >= 15 is 0 Å². The third-order valence-electron chi connectivity index (χ3n) is 2.80. The number of hydrogen-bond acceptors (Lipinski definition) is 5. The summed E-state index contributed by atoms with van der Waals surface area (Å²) in [4.78, 5) is 22.2. The molecule has 0 saturated carbocycles. The minimum Gasteiger partial charge on any atom is -0.360 e. The van der Waals surface area contributed by atoms with Gasteiger partial charge in [0.2, 0.25) is 11.9 Å². The van der Waals surface area contributed by atoms with Crippen LogP contribution in [0.25, 0.3) is 0 Å². The summed E-state index contributed by atoms with van der Waals surface area (Å²) in [5.41, 5.74) is 0. The second kappa shape index (κ2) is 8.73. The molecule has 0 aliphatic carbocycles. The molecular formula is C13H22BrN5O. The Bertz CT molecular complexity index is 437. The maximum absolute atomic E-state index is 11.9. The molecule has 0 atom stereocenters. The van der Waals surface area contributed by atoms with Crippen molar-refractivity contribution in [3.63, 3.8) is 0 Å². The molecule has 0 fully saturated rings. The Hall–Kier alpha value is -1.37. The third kappa shape index (κ3) is 4.96. The van der Waals surface area contributed by atoms with Crippen molar-refractivity contribution in [2.75, 3.05) is 36.8 Å². The number of hydrogen-bond donors (Lipinski definition) is 2. The lowest BCUT2D eigenvalue weighted by molar-refractivity contribution is -0.128. The van der Waals surface area contributed by atoms with Gasteiger partial charge in [-0.25, -0.2) is 4.98 Å². The predicted octanol–water partition coefficient (Wildman–Crippen LogP) is 2.34. The lowest BCUT2D eigenvalue weighted by Gasteiger charge is -2.19. The predicted molar refractivity (Wildman–Crippen MR) is 84.9 cm³/mol. The van der Waals surface area contributed by atoms with Crippen LogP contribution in [0.1, 0.15) is 27.2 Å². The van der Waals surface area contributed by atoms with Gasteiger partial charge < -0.3 is 15.5 Å². The highest BCUT2D eigenvalue weighted by atomic mass is 79.9. The summed E-state index contributed by atoms with van der Waals surface area (Å²) < 4.78 is 0.742. The van der Waals surface area contributed by atoms with Crippen molar-refractivity contribution in [3.8, 4) is 0 Å². The minimum atomic E-state index is 0.0589. The second-order valence-corrected chi connectivity index (χ2v) is 5.09. The number of likely N-dealkylation sites (N-methyl/N-ethyl adjacent to an activating group) is 1. The van der Waals surface area contributed by atoms with Gasteiger partial charge in [0.25, 0.3) is 0 Å². The van der Waals surface area contributed by atoms with Crippen LogP contribution in [-0.4, -0.2) is 47.0 Å². The summed E-state index contributed by atoms with van der Waals surface area (Å²) in [6.45, 7) is 8.48. The Kier molecular flexibility index (Phi) is 7.28. The third-order valence-corrected chi connectivity index (χ3v) is 3.38. The summed E-state index contributed by atoms with van der Waals surface area (Å²) in [6.07, 6.45) is 2.68. The number of nitrogens with zero attached hydrogens (tertiary/aromatic N) is 3. The molecule has 1 heterocycles. The van der Waals surface area contributed by atoms with Crippen LogP contribution >= 0.6 is 15.9 Å². The number of nitrogens with one attached hydrogen (secondary N) is 2. The van der Waals surface area contributed by atoms with E-state index in [-0.39, 0.29) is 12.5 Å². The van der Waals surface area contributed by atoms with Gasteiger partial charge in [0.1, 0.15) is 5.82 Å². The Balaban J connectivity index is 2.64. The number of halogens is 1. The monoisotopic (exact) mass is 343 g/mol. The summed E-state index contributed by atoms with van der Waals surface area (Å²) in [5, 5.41) is 6.17. The summed E-state index contributed by atoms with van der Waals surface area (Å²) in [7, 11) is 0. The van der Waals surface area contributed by atoms with E-state index in [0.29, 0.717) is 24.9 Å². The second-order valence-electron chi connectivity index (χ2n) is 4.24. The Morgan fingerprint density at radius 2 is 2.00 bits per heavy atom. The summed E-state index contributed by atoms with van der Waals surface area (Å²) in [6, 6.07) is 0. The zero-order valence-corrected chi connectivity index (χ0v) is 13.8. The van der Waals surface area contributed by atoms with E-state index in [9.17, 15) is 4.79 Å². The van der Waals surface area contributed by atoms with Gasteiger partial charge in [0.05, 0.1) is 11.0 Å². The molecule has 112 valence electrons. The number of amides is 1. The smallest absolute Gasteiger partial charge is 0.241 e. The van der Waals surface area contributed by atoms with E-state index in [1.807, 2.05) is 13.8 Å². The molecule has 1 aromatic heterocycles. The van der Waals surface area contributed by atoms with E-state index in [1.165, 1.54) is 0 Å². The maximum atomic E-state index is 11.9. The highest BCUT2D eigenvalue weighted by molar-refractivity contribution is 9.10. The average molecular weight is 344 g/mol. The van der Waals surface area contributed by atoms with E-state index < -0.39 is 0 Å².